The highest BCUT2D eigenvalue weighted by molar-refractivity contribution is 5.64. The Morgan fingerprint density at radius 3 is 2.40 bits per heavy atom. The van der Waals surface area contributed by atoms with Gasteiger partial charge in [-0.15, -0.1) is 0 Å². The second-order valence-electron chi connectivity index (χ2n) is 6.43. The minimum absolute atomic E-state index is 0.0647. The van der Waals surface area contributed by atoms with E-state index in [-0.39, 0.29) is 10.6 Å². The predicted molar refractivity (Wildman–Crippen MR) is 97.7 cm³/mol. The van der Waals surface area contributed by atoms with Crippen LogP contribution in [-0.2, 0) is 6.54 Å². The number of benzene rings is 2. The molecular formula is C19H23N3O3. The first kappa shape index (κ1) is 17.4. The van der Waals surface area contributed by atoms with Crippen LogP contribution in [0.2, 0.25) is 0 Å². The van der Waals surface area contributed by atoms with E-state index in [1.165, 1.54) is 11.6 Å². The number of piperazine rings is 1. The summed E-state index contributed by atoms with van der Waals surface area (Å²) in [6.45, 7) is 5.75. The topological polar surface area (TPSA) is 69.8 Å². The Labute approximate surface area is 147 Å². The zero-order valence-electron chi connectivity index (χ0n) is 14.3. The standard InChI is InChI=1S/C19H23N3O3/c1-15(23)17-7-8-18(19(13-17)22(24)25)21-11-9-20(10-12-21)14-16-5-3-2-4-6-16/h2-8,13,15,23H,9-12,14H2,1H3. The smallest absolute Gasteiger partial charge is 0.292 e. The quantitative estimate of drug-likeness (QED) is 0.669. The molecule has 1 saturated heterocycles. The van der Waals surface area contributed by atoms with E-state index in [0.29, 0.717) is 11.3 Å². The van der Waals surface area contributed by atoms with E-state index in [9.17, 15) is 15.2 Å². The van der Waals surface area contributed by atoms with Gasteiger partial charge in [-0.1, -0.05) is 36.4 Å². The number of hydrogen-bond acceptors (Lipinski definition) is 5. The maximum Gasteiger partial charge on any atom is 0.292 e. The van der Waals surface area contributed by atoms with Crippen molar-refractivity contribution >= 4 is 11.4 Å². The highest BCUT2D eigenvalue weighted by Gasteiger charge is 2.24. The predicted octanol–water partition coefficient (Wildman–Crippen LogP) is 2.97. The Balaban J connectivity index is 1.69. The molecule has 3 rings (SSSR count). The van der Waals surface area contributed by atoms with Gasteiger partial charge in [0.2, 0.25) is 0 Å². The first-order valence-electron chi connectivity index (χ1n) is 8.52. The molecular weight excluding hydrogens is 318 g/mol. The average Bonchev–Trinajstić information content (AvgIpc) is 2.62. The van der Waals surface area contributed by atoms with Gasteiger partial charge in [0, 0.05) is 38.8 Å². The lowest BCUT2D eigenvalue weighted by Gasteiger charge is -2.36. The lowest BCUT2D eigenvalue weighted by molar-refractivity contribution is -0.384. The summed E-state index contributed by atoms with van der Waals surface area (Å²) in [5.74, 6) is 0. The molecule has 1 unspecified atom stereocenters. The van der Waals surface area contributed by atoms with E-state index in [1.807, 2.05) is 18.2 Å². The van der Waals surface area contributed by atoms with Gasteiger partial charge in [0.25, 0.3) is 5.69 Å². The number of anilines is 1. The van der Waals surface area contributed by atoms with Crippen molar-refractivity contribution in [2.75, 3.05) is 31.1 Å². The third kappa shape index (κ3) is 4.15. The first-order chi connectivity index (χ1) is 12.0. The maximum atomic E-state index is 11.4. The molecule has 0 radical (unpaired) electrons. The van der Waals surface area contributed by atoms with Crippen LogP contribution in [0.15, 0.2) is 48.5 Å². The van der Waals surface area contributed by atoms with Crippen molar-refractivity contribution < 1.29 is 10.0 Å². The lowest BCUT2D eigenvalue weighted by atomic mass is 10.1. The number of hydrogen-bond donors (Lipinski definition) is 1. The highest BCUT2D eigenvalue weighted by Crippen LogP contribution is 2.32. The van der Waals surface area contributed by atoms with Crippen LogP contribution in [0, 0.1) is 10.1 Å². The Morgan fingerprint density at radius 1 is 1.12 bits per heavy atom. The van der Waals surface area contributed by atoms with Crippen LogP contribution < -0.4 is 4.90 Å². The molecule has 0 bridgehead atoms. The Bertz CT molecular complexity index is 726. The molecule has 6 nitrogen and oxygen atoms in total. The fraction of sp³-hybridized carbons (Fsp3) is 0.368. The minimum atomic E-state index is -0.713. The molecule has 1 N–H and O–H groups in total. The summed E-state index contributed by atoms with van der Waals surface area (Å²) in [6.07, 6.45) is -0.713. The number of aliphatic hydroxyl groups excluding tert-OH is 1. The van der Waals surface area contributed by atoms with Gasteiger partial charge in [0.15, 0.2) is 0 Å². The Kier molecular flexibility index (Phi) is 5.31. The molecule has 0 saturated carbocycles. The van der Waals surface area contributed by atoms with Crippen LogP contribution in [0.4, 0.5) is 11.4 Å². The highest BCUT2D eigenvalue weighted by atomic mass is 16.6. The van der Waals surface area contributed by atoms with Gasteiger partial charge in [-0.05, 0) is 24.1 Å². The van der Waals surface area contributed by atoms with Crippen LogP contribution in [-0.4, -0.2) is 41.1 Å². The normalized spacial score (nSPS) is 16.6. The molecule has 2 aromatic rings. The second-order valence-corrected chi connectivity index (χ2v) is 6.43. The number of nitro benzene ring substituents is 1. The molecule has 0 aliphatic carbocycles. The summed E-state index contributed by atoms with van der Waals surface area (Å²) in [5.41, 5.74) is 2.55. The van der Waals surface area contributed by atoms with Gasteiger partial charge in [0.1, 0.15) is 5.69 Å². The molecule has 1 aliphatic heterocycles. The van der Waals surface area contributed by atoms with E-state index in [0.717, 1.165) is 32.7 Å². The lowest BCUT2D eigenvalue weighted by Crippen LogP contribution is -2.46. The molecule has 132 valence electrons. The number of aliphatic hydroxyl groups is 1. The molecule has 1 aliphatic rings. The van der Waals surface area contributed by atoms with Gasteiger partial charge in [-0.25, -0.2) is 0 Å². The second kappa shape index (κ2) is 7.63. The van der Waals surface area contributed by atoms with Crippen molar-refractivity contribution in [1.29, 1.82) is 0 Å². The van der Waals surface area contributed by atoms with Crippen LogP contribution in [0.25, 0.3) is 0 Å². The third-order valence-electron chi connectivity index (χ3n) is 4.64. The van der Waals surface area contributed by atoms with Gasteiger partial charge < -0.3 is 10.0 Å². The zero-order chi connectivity index (χ0) is 17.8. The Morgan fingerprint density at radius 2 is 1.80 bits per heavy atom. The number of nitrogens with zero attached hydrogens (tertiary/aromatic N) is 3. The van der Waals surface area contributed by atoms with Crippen molar-refractivity contribution in [1.82, 2.24) is 4.90 Å². The summed E-state index contributed by atoms with van der Waals surface area (Å²) in [6, 6.07) is 15.3. The summed E-state index contributed by atoms with van der Waals surface area (Å²) < 4.78 is 0. The minimum Gasteiger partial charge on any atom is -0.389 e. The summed E-state index contributed by atoms with van der Waals surface area (Å²) in [5, 5.41) is 21.1. The van der Waals surface area contributed by atoms with Crippen molar-refractivity contribution in [2.45, 2.75) is 19.6 Å². The van der Waals surface area contributed by atoms with Crippen LogP contribution >= 0.6 is 0 Å². The van der Waals surface area contributed by atoms with Gasteiger partial charge in [0.05, 0.1) is 11.0 Å². The van der Waals surface area contributed by atoms with E-state index in [2.05, 4.69) is 21.9 Å². The third-order valence-corrected chi connectivity index (χ3v) is 4.64. The van der Waals surface area contributed by atoms with E-state index < -0.39 is 6.10 Å². The number of nitro groups is 1. The van der Waals surface area contributed by atoms with Crippen LogP contribution in [0.1, 0.15) is 24.2 Å². The molecule has 6 heteroatoms. The van der Waals surface area contributed by atoms with Crippen LogP contribution in [0.5, 0.6) is 0 Å². The Hall–Kier alpha value is -2.44. The van der Waals surface area contributed by atoms with Crippen molar-refractivity contribution in [2.24, 2.45) is 0 Å². The van der Waals surface area contributed by atoms with E-state index in [1.54, 1.807) is 19.1 Å². The first-order valence-corrected chi connectivity index (χ1v) is 8.52. The molecule has 2 aromatic carbocycles. The van der Waals surface area contributed by atoms with Crippen LogP contribution in [0.3, 0.4) is 0 Å². The largest absolute Gasteiger partial charge is 0.389 e. The summed E-state index contributed by atoms with van der Waals surface area (Å²) in [4.78, 5) is 15.5. The molecule has 0 amide bonds. The van der Waals surface area contributed by atoms with Crippen molar-refractivity contribution in [3.05, 3.63) is 69.8 Å². The summed E-state index contributed by atoms with van der Waals surface area (Å²) in [7, 11) is 0. The molecule has 1 heterocycles. The maximum absolute atomic E-state index is 11.4. The zero-order valence-corrected chi connectivity index (χ0v) is 14.3. The van der Waals surface area contributed by atoms with Crippen molar-refractivity contribution in [3.63, 3.8) is 0 Å². The fourth-order valence-corrected chi connectivity index (χ4v) is 3.20. The molecule has 1 atom stereocenters. The monoisotopic (exact) mass is 341 g/mol. The van der Waals surface area contributed by atoms with Gasteiger partial charge >= 0.3 is 0 Å². The van der Waals surface area contributed by atoms with Gasteiger partial charge in [-0.3, -0.25) is 15.0 Å². The average molecular weight is 341 g/mol. The van der Waals surface area contributed by atoms with E-state index >= 15 is 0 Å². The van der Waals surface area contributed by atoms with Gasteiger partial charge in [-0.2, -0.15) is 0 Å². The molecule has 0 aromatic heterocycles. The number of rotatable bonds is 5. The SMILES string of the molecule is CC(O)c1ccc(N2CCN(Cc3ccccc3)CC2)c([N+](=O)[O-])c1. The molecule has 0 spiro atoms. The fourth-order valence-electron chi connectivity index (χ4n) is 3.20. The van der Waals surface area contributed by atoms with Crippen molar-refractivity contribution in [3.8, 4) is 0 Å². The molecule has 25 heavy (non-hydrogen) atoms. The molecule has 1 fully saturated rings. The van der Waals surface area contributed by atoms with E-state index in [4.69, 9.17) is 0 Å². The summed E-state index contributed by atoms with van der Waals surface area (Å²) >= 11 is 0.